The summed E-state index contributed by atoms with van der Waals surface area (Å²) in [5.74, 6) is -4.23. The van der Waals surface area contributed by atoms with Crippen LogP contribution in [0.4, 0.5) is 19.0 Å². The van der Waals surface area contributed by atoms with Crippen LogP contribution in [0.2, 0.25) is 0 Å². The summed E-state index contributed by atoms with van der Waals surface area (Å²) in [5.41, 5.74) is 2.80. The van der Waals surface area contributed by atoms with Crippen LogP contribution >= 0.6 is 8.58 Å². The van der Waals surface area contributed by atoms with Gasteiger partial charge in [0.2, 0.25) is 0 Å². The number of piperidine rings is 1. The Bertz CT molecular complexity index is 1550. The van der Waals surface area contributed by atoms with E-state index in [2.05, 4.69) is 66.2 Å². The fraction of sp³-hybridized carbons (Fsp3) is 0.605. The molecule has 3 aliphatic rings. The van der Waals surface area contributed by atoms with Gasteiger partial charge in [-0.3, -0.25) is 4.90 Å². The van der Waals surface area contributed by atoms with Gasteiger partial charge < -0.3 is 4.90 Å². The van der Waals surface area contributed by atoms with Gasteiger partial charge in [-0.05, 0) is 90.6 Å². The third-order valence-corrected chi connectivity index (χ3v) is 12.1. The Morgan fingerprint density at radius 1 is 1.04 bits per heavy atom. The van der Waals surface area contributed by atoms with Crippen LogP contribution in [0.1, 0.15) is 115 Å². The van der Waals surface area contributed by atoms with Crippen LogP contribution in [0.3, 0.4) is 0 Å². The molecule has 0 bridgehead atoms. The van der Waals surface area contributed by atoms with Crippen LogP contribution in [0.15, 0.2) is 42.4 Å². The smallest absolute Gasteiger partial charge is 0.278 e. The van der Waals surface area contributed by atoms with Crippen LogP contribution in [-0.2, 0) is 5.92 Å². The molecular formula is C38H51F3N5P. The van der Waals surface area contributed by atoms with Crippen molar-refractivity contribution in [1.82, 2.24) is 14.9 Å². The van der Waals surface area contributed by atoms with E-state index in [9.17, 15) is 5.26 Å². The Morgan fingerprint density at radius 2 is 1.66 bits per heavy atom. The topological polar surface area (TPSA) is 56.1 Å². The quantitative estimate of drug-likeness (QED) is 0.167. The minimum Gasteiger partial charge on any atom is -0.326 e. The lowest BCUT2D eigenvalue weighted by molar-refractivity contribution is -0.146. The van der Waals surface area contributed by atoms with Gasteiger partial charge >= 0.3 is 0 Å². The molecule has 0 amide bonds. The summed E-state index contributed by atoms with van der Waals surface area (Å²) in [4.78, 5) is 13.6. The number of hydrogen-bond donors (Lipinski definition) is 0. The van der Waals surface area contributed by atoms with Gasteiger partial charge in [-0.15, -0.1) is 0 Å². The second kappa shape index (κ2) is 13.3. The number of halogens is 3. The van der Waals surface area contributed by atoms with E-state index in [0.29, 0.717) is 27.0 Å². The normalized spacial score (nSPS) is 23.1. The Morgan fingerprint density at radius 3 is 2.26 bits per heavy atom. The summed E-state index contributed by atoms with van der Waals surface area (Å²) in [7, 11) is 0.603. The zero-order valence-corrected chi connectivity index (χ0v) is 30.2. The maximum absolute atomic E-state index is 16.1. The van der Waals surface area contributed by atoms with E-state index in [1.807, 2.05) is 20.8 Å². The highest BCUT2D eigenvalue weighted by Crippen LogP contribution is 2.60. The molecule has 0 N–H and O–H groups in total. The minimum absolute atomic E-state index is 0.158. The first-order chi connectivity index (χ1) is 22.1. The molecule has 0 saturated carbocycles. The number of likely N-dealkylation sites (tertiary alicyclic amines) is 1. The molecule has 9 heteroatoms. The molecule has 0 aliphatic carbocycles. The number of hydrogen-bond acceptors (Lipinski definition) is 5. The Balaban J connectivity index is 1.14. The first-order valence-electron chi connectivity index (χ1n) is 17.2. The maximum atomic E-state index is 16.1. The molecule has 2 atom stereocenters. The van der Waals surface area contributed by atoms with Gasteiger partial charge in [0.15, 0.2) is 0 Å². The van der Waals surface area contributed by atoms with Crippen molar-refractivity contribution in [2.24, 2.45) is 5.92 Å². The summed E-state index contributed by atoms with van der Waals surface area (Å²) in [6, 6.07) is 6.99. The number of fused-ring (bicyclic) bond motifs is 1. The van der Waals surface area contributed by atoms with E-state index in [-0.39, 0.29) is 5.92 Å². The molecule has 2 aromatic rings. The fourth-order valence-corrected chi connectivity index (χ4v) is 9.04. The number of alkyl halides is 2. The summed E-state index contributed by atoms with van der Waals surface area (Å²) in [6.45, 7) is 19.9. The first-order valence-corrected chi connectivity index (χ1v) is 18.4. The molecule has 2 fully saturated rings. The highest BCUT2D eigenvalue weighted by Gasteiger charge is 2.54. The van der Waals surface area contributed by atoms with Gasteiger partial charge in [0, 0.05) is 40.4 Å². The van der Waals surface area contributed by atoms with Crippen molar-refractivity contribution >= 4 is 20.5 Å². The predicted octanol–water partition coefficient (Wildman–Crippen LogP) is 9.73. The van der Waals surface area contributed by atoms with Crippen molar-refractivity contribution in [2.75, 3.05) is 24.2 Å². The summed E-state index contributed by atoms with van der Waals surface area (Å²) in [6.07, 6.45) is 10.3. The maximum Gasteiger partial charge on any atom is 0.278 e. The monoisotopic (exact) mass is 665 g/mol. The van der Waals surface area contributed by atoms with E-state index in [0.717, 1.165) is 79.7 Å². The standard InChI is InChI=1S/C38H51F3N5P/c1-25(2)29-15-14-16-31(33(29)39)38(40,41)28-20-35(5,6)46(36(7,8)21-28)18-13-11-9-10-12-17-45-27(4)32(37(22-42)23-47-37)19-30-26(3)43-24-44-34(30)45/h14-16,19,24-25,28,47H,4,9-13,17-18,20-21,23H2,1-3,5-8H3. The third kappa shape index (κ3) is 6.90. The van der Waals surface area contributed by atoms with E-state index in [1.165, 1.54) is 6.07 Å². The largest absolute Gasteiger partial charge is 0.326 e. The van der Waals surface area contributed by atoms with Crippen molar-refractivity contribution < 1.29 is 13.2 Å². The van der Waals surface area contributed by atoms with Crippen molar-refractivity contribution in [3.8, 4) is 6.07 Å². The highest BCUT2D eigenvalue weighted by molar-refractivity contribution is 7.50. The molecular weight excluding hydrogens is 614 g/mol. The molecule has 1 aromatic carbocycles. The molecule has 0 radical (unpaired) electrons. The molecule has 5 nitrogen and oxygen atoms in total. The molecule has 5 rings (SSSR count). The van der Waals surface area contributed by atoms with Gasteiger partial charge in [0.1, 0.15) is 23.1 Å². The molecule has 2 unspecified atom stereocenters. The Kier molecular flexibility index (Phi) is 10.0. The molecule has 0 spiro atoms. The Labute approximate surface area is 281 Å². The van der Waals surface area contributed by atoms with Crippen LogP contribution in [-0.4, -0.2) is 50.4 Å². The van der Waals surface area contributed by atoms with Crippen LogP contribution < -0.4 is 4.90 Å². The minimum atomic E-state index is -3.24. The van der Waals surface area contributed by atoms with Gasteiger partial charge in [0.25, 0.3) is 5.92 Å². The number of aryl methyl sites for hydroxylation is 1. The predicted molar refractivity (Wildman–Crippen MR) is 188 cm³/mol. The second-order valence-electron chi connectivity index (χ2n) is 15.4. The number of anilines is 1. The molecule has 47 heavy (non-hydrogen) atoms. The molecule has 254 valence electrons. The van der Waals surface area contributed by atoms with Crippen molar-refractivity contribution in [2.45, 2.75) is 121 Å². The second-order valence-corrected chi connectivity index (χ2v) is 16.9. The molecule has 2 saturated heterocycles. The van der Waals surface area contributed by atoms with Crippen LogP contribution in [0.25, 0.3) is 6.08 Å². The number of nitrogens with zero attached hydrogens (tertiary/aromatic N) is 5. The van der Waals surface area contributed by atoms with Crippen molar-refractivity contribution in [3.05, 3.63) is 70.6 Å². The number of rotatable bonds is 12. The van der Waals surface area contributed by atoms with Crippen LogP contribution in [0.5, 0.6) is 0 Å². The molecule has 1 aromatic heterocycles. The number of aromatic nitrogens is 2. The van der Waals surface area contributed by atoms with Gasteiger partial charge in [0.05, 0.1) is 17.3 Å². The van der Waals surface area contributed by atoms with Gasteiger partial charge in [-0.1, -0.05) is 66.5 Å². The summed E-state index contributed by atoms with van der Waals surface area (Å²) in [5, 5.41) is 9.49. The van der Waals surface area contributed by atoms with Crippen molar-refractivity contribution in [1.29, 1.82) is 5.26 Å². The molecule has 4 heterocycles. The van der Waals surface area contributed by atoms with Gasteiger partial charge in [-0.2, -0.15) is 5.26 Å². The lowest BCUT2D eigenvalue weighted by Crippen LogP contribution is -2.62. The lowest BCUT2D eigenvalue weighted by Gasteiger charge is -2.56. The summed E-state index contributed by atoms with van der Waals surface area (Å²) < 4.78 is 47.4. The zero-order chi connectivity index (χ0) is 34.4. The average Bonchev–Trinajstić information content (AvgIpc) is 3.79. The zero-order valence-electron chi connectivity index (χ0n) is 29.2. The highest BCUT2D eigenvalue weighted by atomic mass is 31.1. The molecule has 3 aliphatic heterocycles. The van der Waals surface area contributed by atoms with Gasteiger partial charge in [-0.25, -0.2) is 23.1 Å². The first kappa shape index (κ1) is 35.6. The SMILES string of the molecule is C=C1C(C2(C#N)CP2)=Cc2c(C)ncnc2N1CCCCCCCN1C(C)(C)CC(C(F)(F)c2cccc(C(C)C)c2F)CC1(C)C. The van der Waals surface area contributed by atoms with E-state index >= 15 is 13.2 Å². The van der Waals surface area contributed by atoms with E-state index < -0.39 is 39.5 Å². The Hall–Kier alpha value is -2.75. The average molecular weight is 666 g/mol. The van der Waals surface area contributed by atoms with Crippen molar-refractivity contribution in [3.63, 3.8) is 0 Å². The van der Waals surface area contributed by atoms with Crippen LogP contribution in [0, 0.1) is 30.0 Å². The number of nitriles is 1. The van der Waals surface area contributed by atoms with E-state index in [4.69, 9.17) is 0 Å². The number of unbranched alkanes of at least 4 members (excludes halogenated alkanes) is 4. The third-order valence-electron chi connectivity index (χ3n) is 10.7. The summed E-state index contributed by atoms with van der Waals surface area (Å²) >= 11 is 0. The number of allylic oxidation sites excluding steroid dienone is 1. The van der Waals surface area contributed by atoms with E-state index in [1.54, 1.807) is 18.5 Å². The fourth-order valence-electron chi connectivity index (χ4n) is 8.11. The lowest BCUT2D eigenvalue weighted by atomic mass is 9.70. The number of benzene rings is 1.